The largest absolute Gasteiger partial charge is 0.486 e. The maximum absolute atomic E-state index is 11.8. The Morgan fingerprint density at radius 3 is 2.78 bits per heavy atom. The highest BCUT2D eigenvalue weighted by atomic mass is 16.6. The molecule has 1 amide bonds. The van der Waals surface area contributed by atoms with Crippen molar-refractivity contribution in [1.82, 2.24) is 5.32 Å². The van der Waals surface area contributed by atoms with Crippen LogP contribution in [0.25, 0.3) is 0 Å². The fourth-order valence-electron chi connectivity index (χ4n) is 1.56. The summed E-state index contributed by atoms with van der Waals surface area (Å²) in [5.74, 6) is 0.823. The standard InChI is InChI=1S/C12H15NO5/c14-7-9(15)6-13-12(16)8-1-2-10-11(5-8)18-4-3-17-10/h1-2,5,9,14-15H,3-4,6-7H2,(H,13,16). The zero-order valence-corrected chi connectivity index (χ0v) is 9.76. The van der Waals surface area contributed by atoms with E-state index in [9.17, 15) is 4.79 Å². The van der Waals surface area contributed by atoms with E-state index in [1.165, 1.54) is 0 Å². The maximum atomic E-state index is 11.8. The molecular weight excluding hydrogens is 238 g/mol. The lowest BCUT2D eigenvalue weighted by Crippen LogP contribution is -2.33. The number of rotatable bonds is 4. The summed E-state index contributed by atoms with van der Waals surface area (Å²) in [6.45, 7) is 0.577. The van der Waals surface area contributed by atoms with Crippen LogP contribution < -0.4 is 14.8 Å². The van der Waals surface area contributed by atoms with Crippen molar-refractivity contribution in [2.45, 2.75) is 6.10 Å². The van der Waals surface area contributed by atoms with Crippen molar-refractivity contribution in [2.75, 3.05) is 26.4 Å². The highest BCUT2D eigenvalue weighted by Gasteiger charge is 2.15. The van der Waals surface area contributed by atoms with Gasteiger partial charge in [0.2, 0.25) is 0 Å². The number of amides is 1. The fourth-order valence-corrected chi connectivity index (χ4v) is 1.56. The van der Waals surface area contributed by atoms with Crippen molar-refractivity contribution in [3.63, 3.8) is 0 Å². The van der Waals surface area contributed by atoms with Crippen LogP contribution in [0.4, 0.5) is 0 Å². The number of hydrogen-bond donors (Lipinski definition) is 3. The van der Waals surface area contributed by atoms with Crippen LogP contribution in [0, 0.1) is 0 Å². The lowest BCUT2D eigenvalue weighted by molar-refractivity contribution is 0.0801. The molecule has 1 aromatic carbocycles. The van der Waals surface area contributed by atoms with Gasteiger partial charge in [-0.3, -0.25) is 4.79 Å². The molecule has 0 spiro atoms. The molecule has 0 aromatic heterocycles. The number of hydrogen-bond acceptors (Lipinski definition) is 5. The molecule has 0 radical (unpaired) electrons. The minimum atomic E-state index is -0.953. The second-order valence-corrected chi connectivity index (χ2v) is 3.90. The van der Waals surface area contributed by atoms with E-state index in [2.05, 4.69) is 5.32 Å². The normalized spacial score (nSPS) is 15.0. The smallest absolute Gasteiger partial charge is 0.251 e. The van der Waals surface area contributed by atoms with Crippen molar-refractivity contribution in [3.8, 4) is 11.5 Å². The Bertz CT molecular complexity index is 434. The molecule has 1 unspecified atom stereocenters. The summed E-state index contributed by atoms with van der Waals surface area (Å²) in [5.41, 5.74) is 0.421. The quantitative estimate of drug-likeness (QED) is 0.676. The lowest BCUT2D eigenvalue weighted by Gasteiger charge is -2.18. The van der Waals surface area contributed by atoms with Crippen LogP contribution in [-0.2, 0) is 0 Å². The second-order valence-electron chi connectivity index (χ2n) is 3.90. The average Bonchev–Trinajstić information content (AvgIpc) is 2.43. The number of benzene rings is 1. The molecule has 0 bridgehead atoms. The van der Waals surface area contributed by atoms with Gasteiger partial charge < -0.3 is 25.0 Å². The van der Waals surface area contributed by atoms with Gasteiger partial charge in [0.15, 0.2) is 11.5 Å². The summed E-state index contributed by atoms with van der Waals surface area (Å²) in [5, 5.41) is 20.3. The molecule has 6 nitrogen and oxygen atoms in total. The molecular formula is C12H15NO5. The molecule has 1 heterocycles. The number of aliphatic hydroxyl groups is 2. The number of fused-ring (bicyclic) bond motifs is 1. The van der Waals surface area contributed by atoms with E-state index < -0.39 is 6.10 Å². The van der Waals surface area contributed by atoms with Crippen LogP contribution in [0.15, 0.2) is 18.2 Å². The zero-order valence-electron chi connectivity index (χ0n) is 9.76. The van der Waals surface area contributed by atoms with Gasteiger partial charge in [-0.1, -0.05) is 0 Å². The monoisotopic (exact) mass is 253 g/mol. The van der Waals surface area contributed by atoms with Crippen LogP contribution in [-0.4, -0.2) is 48.6 Å². The van der Waals surface area contributed by atoms with Crippen molar-refractivity contribution in [1.29, 1.82) is 0 Å². The van der Waals surface area contributed by atoms with E-state index in [4.69, 9.17) is 19.7 Å². The van der Waals surface area contributed by atoms with Gasteiger partial charge in [-0.05, 0) is 18.2 Å². The predicted octanol–water partition coefficient (Wildman–Crippen LogP) is -0.459. The van der Waals surface area contributed by atoms with Crippen LogP contribution in [0.5, 0.6) is 11.5 Å². The second kappa shape index (κ2) is 5.70. The topological polar surface area (TPSA) is 88.0 Å². The Morgan fingerprint density at radius 2 is 2.06 bits per heavy atom. The molecule has 3 N–H and O–H groups in total. The Balaban J connectivity index is 2.02. The minimum absolute atomic E-state index is 0.00375. The van der Waals surface area contributed by atoms with E-state index in [0.29, 0.717) is 30.3 Å². The molecule has 1 atom stereocenters. The van der Waals surface area contributed by atoms with Gasteiger partial charge in [-0.2, -0.15) is 0 Å². The summed E-state index contributed by atoms with van der Waals surface area (Å²) in [7, 11) is 0. The molecule has 6 heteroatoms. The zero-order chi connectivity index (χ0) is 13.0. The highest BCUT2D eigenvalue weighted by molar-refractivity contribution is 5.94. The summed E-state index contributed by atoms with van der Waals surface area (Å²) >= 11 is 0. The highest BCUT2D eigenvalue weighted by Crippen LogP contribution is 2.30. The first-order chi connectivity index (χ1) is 8.70. The first-order valence-corrected chi connectivity index (χ1v) is 5.67. The minimum Gasteiger partial charge on any atom is -0.486 e. The molecule has 18 heavy (non-hydrogen) atoms. The first-order valence-electron chi connectivity index (χ1n) is 5.67. The third-order valence-corrected chi connectivity index (χ3v) is 2.51. The number of carbonyl (C=O) groups is 1. The maximum Gasteiger partial charge on any atom is 0.251 e. The number of nitrogens with one attached hydrogen (secondary N) is 1. The molecule has 0 aliphatic carbocycles. The van der Waals surface area contributed by atoms with Gasteiger partial charge >= 0.3 is 0 Å². The predicted molar refractivity (Wildman–Crippen MR) is 62.9 cm³/mol. The Hall–Kier alpha value is -1.79. The van der Waals surface area contributed by atoms with E-state index in [1.807, 2.05) is 0 Å². The Labute approximate surface area is 104 Å². The van der Waals surface area contributed by atoms with Crippen molar-refractivity contribution < 1.29 is 24.5 Å². The van der Waals surface area contributed by atoms with E-state index in [0.717, 1.165) is 0 Å². The van der Waals surface area contributed by atoms with Crippen molar-refractivity contribution >= 4 is 5.91 Å². The van der Waals surface area contributed by atoms with Gasteiger partial charge in [0.1, 0.15) is 13.2 Å². The number of carbonyl (C=O) groups excluding carboxylic acids is 1. The lowest BCUT2D eigenvalue weighted by atomic mass is 10.2. The van der Waals surface area contributed by atoms with Gasteiger partial charge in [0, 0.05) is 12.1 Å². The van der Waals surface area contributed by atoms with Crippen LogP contribution >= 0.6 is 0 Å². The summed E-state index contributed by atoms with van der Waals surface area (Å²) < 4.78 is 10.7. The van der Waals surface area contributed by atoms with Gasteiger partial charge in [0.25, 0.3) is 5.91 Å². The molecule has 0 saturated carbocycles. The van der Waals surface area contributed by atoms with Gasteiger partial charge in [0.05, 0.1) is 12.7 Å². The van der Waals surface area contributed by atoms with Crippen molar-refractivity contribution in [2.24, 2.45) is 0 Å². The van der Waals surface area contributed by atoms with E-state index in [-0.39, 0.29) is 19.1 Å². The SMILES string of the molecule is O=C(NCC(O)CO)c1ccc2c(c1)OCCO2. The first kappa shape index (κ1) is 12.7. The molecule has 0 fully saturated rings. The van der Waals surface area contributed by atoms with Gasteiger partial charge in [-0.25, -0.2) is 0 Å². The Morgan fingerprint density at radius 1 is 1.33 bits per heavy atom. The van der Waals surface area contributed by atoms with Crippen molar-refractivity contribution in [3.05, 3.63) is 23.8 Å². The molecule has 1 aliphatic heterocycles. The molecule has 98 valence electrons. The third-order valence-electron chi connectivity index (χ3n) is 2.51. The van der Waals surface area contributed by atoms with E-state index in [1.54, 1.807) is 18.2 Å². The third kappa shape index (κ3) is 2.91. The summed E-state index contributed by atoms with van der Waals surface area (Å²) in [6.07, 6.45) is -0.953. The summed E-state index contributed by atoms with van der Waals surface area (Å²) in [6, 6.07) is 4.88. The van der Waals surface area contributed by atoms with Crippen LogP contribution in [0.2, 0.25) is 0 Å². The summed E-state index contributed by atoms with van der Waals surface area (Å²) in [4.78, 5) is 11.8. The van der Waals surface area contributed by atoms with E-state index >= 15 is 0 Å². The molecule has 1 aliphatic rings. The fraction of sp³-hybridized carbons (Fsp3) is 0.417. The molecule has 2 rings (SSSR count). The number of aliphatic hydroxyl groups excluding tert-OH is 2. The van der Waals surface area contributed by atoms with Gasteiger partial charge in [-0.15, -0.1) is 0 Å². The molecule has 0 saturated heterocycles. The molecule has 1 aromatic rings. The number of ether oxygens (including phenoxy) is 2. The Kier molecular flexibility index (Phi) is 4.01. The van der Waals surface area contributed by atoms with Crippen LogP contribution in [0.1, 0.15) is 10.4 Å². The van der Waals surface area contributed by atoms with Crippen LogP contribution in [0.3, 0.4) is 0 Å². The average molecular weight is 253 g/mol.